The van der Waals surface area contributed by atoms with Crippen LogP contribution in [-0.4, -0.2) is 39.3 Å². The highest BCUT2D eigenvalue weighted by Gasteiger charge is 2.70. The van der Waals surface area contributed by atoms with Crippen molar-refractivity contribution < 1.29 is 24.9 Å². The van der Waals surface area contributed by atoms with Gasteiger partial charge >= 0.3 is 5.97 Å². The second-order valence-corrected chi connectivity index (χ2v) is 11.3. The van der Waals surface area contributed by atoms with E-state index in [0.717, 1.165) is 44.9 Å². The van der Waals surface area contributed by atoms with Crippen molar-refractivity contribution in [3.63, 3.8) is 0 Å². The van der Waals surface area contributed by atoms with E-state index in [2.05, 4.69) is 20.8 Å². The lowest BCUT2D eigenvalue weighted by atomic mass is 9.38. The van der Waals surface area contributed by atoms with Crippen LogP contribution in [0.3, 0.4) is 0 Å². The lowest BCUT2D eigenvalue weighted by Crippen LogP contribution is -2.66. The van der Waals surface area contributed by atoms with Crippen LogP contribution in [0.5, 0.6) is 0 Å². The number of ketones is 1. The Kier molecular flexibility index (Phi) is 5.18. The van der Waals surface area contributed by atoms with Gasteiger partial charge in [0.15, 0.2) is 0 Å². The highest BCUT2D eigenvalue weighted by atomic mass is 16.4. The minimum absolute atomic E-state index is 0.00555. The van der Waals surface area contributed by atoms with Crippen molar-refractivity contribution >= 4 is 11.8 Å². The molecular weight excluding hydrogens is 368 g/mol. The number of carboxylic acids is 1. The van der Waals surface area contributed by atoms with Crippen LogP contribution in [-0.2, 0) is 9.59 Å². The molecule has 0 saturated heterocycles. The van der Waals surface area contributed by atoms with Gasteiger partial charge in [0.25, 0.3) is 0 Å². The summed E-state index contributed by atoms with van der Waals surface area (Å²) in [6, 6.07) is 0. The van der Waals surface area contributed by atoms with Gasteiger partial charge < -0.3 is 15.3 Å². The number of rotatable bonds is 4. The van der Waals surface area contributed by atoms with Crippen molar-refractivity contribution in [1.82, 2.24) is 0 Å². The molecule has 0 amide bonds. The fourth-order valence-corrected chi connectivity index (χ4v) is 8.60. The second kappa shape index (κ2) is 7.05. The quantitative estimate of drug-likeness (QED) is 0.660. The smallest absolute Gasteiger partial charge is 0.303 e. The van der Waals surface area contributed by atoms with Gasteiger partial charge in [0, 0.05) is 23.7 Å². The maximum Gasteiger partial charge on any atom is 0.303 e. The number of aliphatic hydroxyl groups excluding tert-OH is 2. The van der Waals surface area contributed by atoms with E-state index in [0.29, 0.717) is 18.6 Å². The number of hydrogen-bond donors (Lipinski definition) is 3. The minimum atomic E-state index is -0.771. The fourth-order valence-electron chi connectivity index (χ4n) is 8.60. The molecule has 0 radical (unpaired) electrons. The SMILES string of the molecule is C[C@]12CC[C@@H](O)C[C@H]1C[C@@H](O)[C@]1(C)[C@@H]2CC(=O)[C@]2(C)[C@@H](CCCC(=O)O)CC[C@H]21. The van der Waals surface area contributed by atoms with Gasteiger partial charge in [-0.1, -0.05) is 20.8 Å². The topological polar surface area (TPSA) is 94.8 Å². The molecule has 0 bridgehead atoms. The van der Waals surface area contributed by atoms with Crippen LogP contribution >= 0.6 is 0 Å². The maximum absolute atomic E-state index is 13.6. The van der Waals surface area contributed by atoms with Crippen LogP contribution < -0.4 is 0 Å². The molecule has 164 valence electrons. The van der Waals surface area contributed by atoms with E-state index >= 15 is 0 Å². The van der Waals surface area contributed by atoms with Crippen LogP contribution in [0.2, 0.25) is 0 Å². The third kappa shape index (κ3) is 2.94. The first kappa shape index (κ1) is 21.3. The predicted molar refractivity (Wildman–Crippen MR) is 109 cm³/mol. The van der Waals surface area contributed by atoms with Gasteiger partial charge in [0.2, 0.25) is 0 Å². The first-order valence-electron chi connectivity index (χ1n) is 11.7. The summed E-state index contributed by atoms with van der Waals surface area (Å²) in [7, 11) is 0. The molecule has 4 aliphatic carbocycles. The van der Waals surface area contributed by atoms with Gasteiger partial charge in [0.05, 0.1) is 12.2 Å². The number of carbonyl (C=O) groups is 2. The standard InChI is InChI=1S/C24H38O5/c1-22-10-9-16(25)11-15(22)12-19(26)24(3)17-8-7-14(5-4-6-21(28)29)23(17,2)20(27)13-18(22)24/h14-19,25-26H,4-13H2,1-3H3,(H,28,29)/t14-,15-,16+,17+,18+,19+,22-,23+,24-/m0/s1. The number of carbonyl (C=O) groups excluding carboxylic acids is 1. The van der Waals surface area contributed by atoms with Gasteiger partial charge in [-0.25, -0.2) is 0 Å². The lowest BCUT2D eigenvalue weighted by molar-refractivity contribution is -0.219. The summed E-state index contributed by atoms with van der Waals surface area (Å²) in [6.07, 6.45) is 6.49. The summed E-state index contributed by atoms with van der Waals surface area (Å²) in [5, 5.41) is 30.6. The molecule has 0 spiro atoms. The van der Waals surface area contributed by atoms with Crippen molar-refractivity contribution in [2.45, 2.75) is 97.2 Å². The summed E-state index contributed by atoms with van der Waals surface area (Å²) in [6.45, 7) is 6.67. The first-order chi connectivity index (χ1) is 13.5. The third-order valence-electron chi connectivity index (χ3n) is 10.3. The van der Waals surface area contributed by atoms with Gasteiger partial charge in [-0.3, -0.25) is 9.59 Å². The molecule has 5 heteroatoms. The Morgan fingerprint density at radius 3 is 2.48 bits per heavy atom. The Morgan fingerprint density at radius 1 is 1.07 bits per heavy atom. The van der Waals surface area contributed by atoms with E-state index in [4.69, 9.17) is 5.11 Å². The third-order valence-corrected chi connectivity index (χ3v) is 10.3. The fraction of sp³-hybridized carbons (Fsp3) is 0.917. The normalized spacial score (nSPS) is 51.8. The molecule has 4 aliphatic rings. The predicted octanol–water partition coefficient (Wildman–Crippen LogP) is 3.80. The van der Waals surface area contributed by atoms with E-state index in [1.54, 1.807) is 0 Å². The molecule has 29 heavy (non-hydrogen) atoms. The highest BCUT2D eigenvalue weighted by molar-refractivity contribution is 5.87. The molecule has 4 saturated carbocycles. The van der Waals surface area contributed by atoms with Crippen LogP contribution in [0.15, 0.2) is 0 Å². The summed E-state index contributed by atoms with van der Waals surface area (Å²) in [5.74, 6) is 0.401. The molecule has 5 nitrogen and oxygen atoms in total. The average Bonchev–Trinajstić information content (AvgIpc) is 2.99. The summed E-state index contributed by atoms with van der Waals surface area (Å²) in [4.78, 5) is 24.6. The number of Topliss-reactive ketones (excluding diaryl/α,β-unsaturated/α-hetero) is 1. The monoisotopic (exact) mass is 406 g/mol. The van der Waals surface area contributed by atoms with Crippen molar-refractivity contribution in [3.05, 3.63) is 0 Å². The van der Waals surface area contributed by atoms with Crippen LogP contribution in [0, 0.1) is 39.9 Å². The van der Waals surface area contributed by atoms with Crippen molar-refractivity contribution in [2.75, 3.05) is 0 Å². The molecule has 9 atom stereocenters. The largest absolute Gasteiger partial charge is 0.481 e. The van der Waals surface area contributed by atoms with Gasteiger partial charge in [-0.05, 0) is 80.5 Å². The second-order valence-electron chi connectivity index (χ2n) is 11.3. The van der Waals surface area contributed by atoms with E-state index in [9.17, 15) is 19.8 Å². The maximum atomic E-state index is 13.6. The van der Waals surface area contributed by atoms with Crippen molar-refractivity contribution in [3.8, 4) is 0 Å². The lowest BCUT2D eigenvalue weighted by Gasteiger charge is -2.66. The molecule has 4 fully saturated rings. The van der Waals surface area contributed by atoms with Crippen molar-refractivity contribution in [1.29, 1.82) is 0 Å². The molecule has 4 rings (SSSR count). The Labute approximate surface area is 174 Å². The number of hydrogen-bond acceptors (Lipinski definition) is 4. The van der Waals surface area contributed by atoms with Crippen LogP contribution in [0.4, 0.5) is 0 Å². The van der Waals surface area contributed by atoms with Crippen LogP contribution in [0.1, 0.15) is 85.0 Å². The molecule has 0 unspecified atom stereocenters. The highest BCUT2D eigenvalue weighted by Crippen LogP contribution is 2.71. The first-order valence-corrected chi connectivity index (χ1v) is 11.7. The summed E-state index contributed by atoms with van der Waals surface area (Å²) < 4.78 is 0. The Morgan fingerprint density at radius 2 is 1.79 bits per heavy atom. The number of fused-ring (bicyclic) bond motifs is 5. The van der Waals surface area contributed by atoms with Crippen LogP contribution in [0.25, 0.3) is 0 Å². The van der Waals surface area contributed by atoms with Gasteiger partial charge in [-0.2, -0.15) is 0 Å². The number of carboxylic acid groups (broad SMARTS) is 1. The molecule has 0 heterocycles. The van der Waals surface area contributed by atoms with E-state index < -0.39 is 17.5 Å². The molecule has 3 N–H and O–H groups in total. The van der Waals surface area contributed by atoms with E-state index in [1.807, 2.05) is 0 Å². The summed E-state index contributed by atoms with van der Waals surface area (Å²) >= 11 is 0. The Balaban J connectivity index is 1.65. The summed E-state index contributed by atoms with van der Waals surface area (Å²) in [5.41, 5.74) is -0.717. The number of aliphatic carboxylic acids is 1. The van der Waals surface area contributed by atoms with Gasteiger partial charge in [-0.15, -0.1) is 0 Å². The Hall–Kier alpha value is -0.940. The molecule has 0 aromatic rings. The molecule has 0 aromatic carbocycles. The molecule has 0 aliphatic heterocycles. The average molecular weight is 407 g/mol. The van der Waals surface area contributed by atoms with E-state index in [1.165, 1.54) is 0 Å². The molecule has 0 aromatic heterocycles. The zero-order valence-corrected chi connectivity index (χ0v) is 18.2. The van der Waals surface area contributed by atoms with Gasteiger partial charge in [0.1, 0.15) is 5.78 Å². The van der Waals surface area contributed by atoms with Crippen molar-refractivity contribution in [2.24, 2.45) is 39.9 Å². The zero-order valence-electron chi connectivity index (χ0n) is 18.2. The Bertz CT molecular complexity index is 691. The molecular formula is C24H38O5. The van der Waals surface area contributed by atoms with E-state index in [-0.39, 0.29) is 47.0 Å². The minimum Gasteiger partial charge on any atom is -0.481 e. The number of aliphatic hydroxyl groups is 2. The zero-order chi connectivity index (χ0) is 21.2.